The molecular weight excluding hydrogens is 172 g/mol. The number of hydrogen-bond donors (Lipinski definition) is 1. The van der Waals surface area contributed by atoms with Crippen molar-refractivity contribution in [1.82, 2.24) is 9.88 Å². The number of rotatable bonds is 0. The second kappa shape index (κ2) is 2.99. The summed E-state index contributed by atoms with van der Waals surface area (Å²) >= 11 is 0. The normalized spacial score (nSPS) is 20.6. The van der Waals surface area contributed by atoms with Crippen LogP contribution in [0.15, 0.2) is 0 Å². The van der Waals surface area contributed by atoms with Gasteiger partial charge in [-0.2, -0.15) is 0 Å². The summed E-state index contributed by atoms with van der Waals surface area (Å²) in [6.45, 7) is 2.30. The molecule has 0 aromatic carbocycles. The summed E-state index contributed by atoms with van der Waals surface area (Å²) in [4.78, 5) is 5.96. The molecule has 0 fully saturated rings. The molecule has 0 spiro atoms. The Hall–Kier alpha value is -1.02. The maximum atomic E-state index is 3.56. The number of fused-ring (bicyclic) bond motifs is 3. The molecule has 1 aliphatic heterocycles. The van der Waals surface area contributed by atoms with Crippen LogP contribution in [0.4, 0.5) is 0 Å². The Bertz CT molecular complexity index is 467. The van der Waals surface area contributed by atoms with Gasteiger partial charge in [-0.1, -0.05) is 12.2 Å². The van der Waals surface area contributed by atoms with Gasteiger partial charge in [-0.3, -0.25) is 0 Å². The Kier molecular flexibility index (Phi) is 1.77. The number of nitrogens with zero attached hydrogens (tertiary/aromatic N) is 1. The first-order valence-electron chi connectivity index (χ1n) is 5.43. The molecule has 2 heterocycles. The molecular formula is C12H16N2. The molecule has 2 nitrogen and oxygen atoms in total. The molecule has 1 aromatic rings. The minimum Gasteiger partial charge on any atom is -0.358 e. The highest BCUT2D eigenvalue weighted by Gasteiger charge is 2.16. The van der Waals surface area contributed by atoms with Crippen LogP contribution in [0.3, 0.4) is 0 Å². The summed E-state index contributed by atoms with van der Waals surface area (Å²) in [6.07, 6.45) is 8.32. The lowest BCUT2D eigenvalue weighted by molar-refractivity contribution is 0.311. The molecule has 74 valence electrons. The quantitative estimate of drug-likeness (QED) is 0.623. The lowest BCUT2D eigenvalue weighted by Gasteiger charge is -2.22. The van der Waals surface area contributed by atoms with E-state index in [-0.39, 0.29) is 0 Å². The van der Waals surface area contributed by atoms with Crippen molar-refractivity contribution in [2.45, 2.75) is 25.8 Å². The van der Waals surface area contributed by atoms with E-state index < -0.39 is 0 Å². The fourth-order valence-electron chi connectivity index (χ4n) is 2.53. The summed E-state index contributed by atoms with van der Waals surface area (Å²) in [5, 5.41) is 2.86. The van der Waals surface area contributed by atoms with Crippen LogP contribution in [-0.2, 0) is 13.0 Å². The van der Waals surface area contributed by atoms with Gasteiger partial charge >= 0.3 is 0 Å². The summed E-state index contributed by atoms with van der Waals surface area (Å²) in [7, 11) is 2.20. The van der Waals surface area contributed by atoms with Crippen LogP contribution in [0.1, 0.15) is 24.1 Å². The van der Waals surface area contributed by atoms with Crippen molar-refractivity contribution in [3.63, 3.8) is 0 Å². The van der Waals surface area contributed by atoms with Crippen LogP contribution in [0.5, 0.6) is 0 Å². The average Bonchev–Trinajstić information content (AvgIpc) is 2.56. The highest BCUT2D eigenvalue weighted by atomic mass is 15.1. The Labute approximate surface area is 83.9 Å². The Morgan fingerprint density at radius 2 is 2.14 bits per heavy atom. The molecule has 3 rings (SSSR count). The minimum absolute atomic E-state index is 1.12. The number of hydrogen-bond acceptors (Lipinski definition) is 1. The summed E-state index contributed by atoms with van der Waals surface area (Å²) in [5.74, 6) is 0. The van der Waals surface area contributed by atoms with Gasteiger partial charge in [0.25, 0.3) is 0 Å². The largest absolute Gasteiger partial charge is 0.358 e. The zero-order valence-corrected chi connectivity index (χ0v) is 8.64. The van der Waals surface area contributed by atoms with E-state index in [1.165, 1.54) is 42.1 Å². The predicted octanol–water partition coefficient (Wildman–Crippen LogP) is 0.357. The van der Waals surface area contributed by atoms with Crippen molar-refractivity contribution in [2.75, 3.05) is 13.6 Å². The molecule has 14 heavy (non-hydrogen) atoms. The van der Waals surface area contributed by atoms with E-state index in [1.807, 2.05) is 0 Å². The summed E-state index contributed by atoms with van der Waals surface area (Å²) < 4.78 is 0. The highest BCUT2D eigenvalue weighted by molar-refractivity contribution is 5.42. The summed E-state index contributed by atoms with van der Waals surface area (Å²) in [6, 6.07) is 0. The Morgan fingerprint density at radius 3 is 3.07 bits per heavy atom. The van der Waals surface area contributed by atoms with Crippen molar-refractivity contribution in [2.24, 2.45) is 0 Å². The molecule has 0 saturated heterocycles. The molecule has 1 N–H and O–H groups in total. The molecule has 0 amide bonds. The van der Waals surface area contributed by atoms with E-state index in [0.717, 1.165) is 6.54 Å². The first-order valence-corrected chi connectivity index (χ1v) is 5.43. The van der Waals surface area contributed by atoms with E-state index in [9.17, 15) is 0 Å². The van der Waals surface area contributed by atoms with Crippen molar-refractivity contribution in [3.05, 3.63) is 21.8 Å². The first kappa shape index (κ1) is 8.30. The predicted molar refractivity (Wildman–Crippen MR) is 58.2 cm³/mol. The maximum absolute atomic E-state index is 3.56. The van der Waals surface area contributed by atoms with Crippen molar-refractivity contribution < 1.29 is 0 Å². The molecule has 1 aromatic heterocycles. The van der Waals surface area contributed by atoms with Crippen LogP contribution in [0.25, 0.3) is 12.2 Å². The second-order valence-electron chi connectivity index (χ2n) is 4.38. The van der Waals surface area contributed by atoms with Crippen molar-refractivity contribution in [1.29, 1.82) is 0 Å². The van der Waals surface area contributed by atoms with Gasteiger partial charge in [-0.15, -0.1) is 0 Å². The Morgan fingerprint density at radius 1 is 1.29 bits per heavy atom. The van der Waals surface area contributed by atoms with Crippen molar-refractivity contribution >= 4 is 12.2 Å². The number of nitrogens with one attached hydrogen (secondary N) is 1. The standard InChI is InChI=1S/C12H16N2/c1-14-7-6-12-10(8-14)9-4-2-3-5-11(9)13-12/h4-5,13H,2-3,6-8H2,1H3. The number of aromatic amines is 1. The van der Waals surface area contributed by atoms with Gasteiger partial charge in [0.05, 0.1) is 0 Å². The summed E-state index contributed by atoms with van der Waals surface area (Å²) in [5.41, 5.74) is 3.02. The zero-order valence-electron chi connectivity index (χ0n) is 8.64. The number of likely N-dealkylation sites (N-methyl/N-ethyl adjacent to an activating group) is 1. The highest BCUT2D eigenvalue weighted by Crippen LogP contribution is 2.11. The molecule has 0 bridgehead atoms. The SMILES string of the molecule is CN1CCc2[nH]c3c(c2C1)=CCCC=3. The van der Waals surface area contributed by atoms with Crippen LogP contribution < -0.4 is 10.6 Å². The molecule has 0 atom stereocenters. The van der Waals surface area contributed by atoms with E-state index in [4.69, 9.17) is 0 Å². The molecule has 0 saturated carbocycles. The molecule has 2 heteroatoms. The lowest BCUT2D eigenvalue weighted by Crippen LogP contribution is -2.32. The van der Waals surface area contributed by atoms with Crippen LogP contribution >= 0.6 is 0 Å². The lowest BCUT2D eigenvalue weighted by atomic mass is 10.0. The monoisotopic (exact) mass is 188 g/mol. The van der Waals surface area contributed by atoms with E-state index in [1.54, 1.807) is 5.56 Å². The molecule has 0 unspecified atom stereocenters. The average molecular weight is 188 g/mol. The van der Waals surface area contributed by atoms with Crippen LogP contribution in [-0.4, -0.2) is 23.5 Å². The van der Waals surface area contributed by atoms with Crippen LogP contribution in [0, 0.1) is 0 Å². The van der Waals surface area contributed by atoms with E-state index in [2.05, 4.69) is 29.1 Å². The van der Waals surface area contributed by atoms with Crippen LogP contribution in [0.2, 0.25) is 0 Å². The Balaban J connectivity index is 2.24. The molecule has 1 aliphatic carbocycles. The number of H-pyrrole nitrogens is 1. The smallest absolute Gasteiger partial charge is 0.0415 e. The fourth-order valence-corrected chi connectivity index (χ4v) is 2.53. The maximum Gasteiger partial charge on any atom is 0.0415 e. The third-order valence-electron chi connectivity index (χ3n) is 3.30. The van der Waals surface area contributed by atoms with Crippen molar-refractivity contribution in [3.8, 4) is 0 Å². The van der Waals surface area contributed by atoms with Gasteiger partial charge < -0.3 is 9.88 Å². The van der Waals surface area contributed by atoms with Gasteiger partial charge in [-0.05, 0) is 30.7 Å². The second-order valence-corrected chi connectivity index (χ2v) is 4.38. The fraction of sp³-hybridized carbons (Fsp3) is 0.500. The number of aromatic nitrogens is 1. The topological polar surface area (TPSA) is 19.0 Å². The van der Waals surface area contributed by atoms with Gasteiger partial charge in [0.1, 0.15) is 0 Å². The van der Waals surface area contributed by atoms with E-state index in [0.29, 0.717) is 0 Å². The molecule has 0 radical (unpaired) electrons. The van der Waals surface area contributed by atoms with Gasteiger partial charge in [-0.25, -0.2) is 0 Å². The third kappa shape index (κ3) is 1.14. The van der Waals surface area contributed by atoms with Gasteiger partial charge in [0.15, 0.2) is 0 Å². The minimum atomic E-state index is 1.12. The molecule has 2 aliphatic rings. The first-order chi connectivity index (χ1) is 6.84. The zero-order chi connectivity index (χ0) is 9.54. The third-order valence-corrected chi connectivity index (χ3v) is 3.30. The van der Waals surface area contributed by atoms with Gasteiger partial charge in [0, 0.05) is 30.6 Å². The van der Waals surface area contributed by atoms with Gasteiger partial charge in [0.2, 0.25) is 0 Å². The van der Waals surface area contributed by atoms with E-state index >= 15 is 0 Å².